The lowest BCUT2D eigenvalue weighted by Crippen LogP contribution is -2.39. The molecule has 0 aromatic heterocycles. The topological polar surface area (TPSA) is 12.4 Å². The summed E-state index contributed by atoms with van der Waals surface area (Å²) in [5.41, 5.74) is 1.71. The third-order valence-electron chi connectivity index (χ3n) is 5.06. The number of fused-ring (bicyclic) bond motifs is 1. The fourth-order valence-electron chi connectivity index (χ4n) is 3.94. The van der Waals surface area contributed by atoms with Crippen molar-refractivity contribution in [1.82, 2.24) is 0 Å². The molecule has 2 aliphatic rings. The Labute approximate surface area is 117 Å². The molecule has 1 saturated carbocycles. The van der Waals surface area contributed by atoms with E-state index in [1.165, 1.54) is 12.8 Å². The summed E-state index contributed by atoms with van der Waals surface area (Å²) in [4.78, 5) is 4.45. The number of rotatable bonds is 2. The largest absolute Gasteiger partial charge is 0.226 e. The maximum Gasteiger partial charge on any atom is 0.0723 e. The monoisotopic (exact) mass is 263 g/mol. The molecule has 2 aliphatic carbocycles. The quantitative estimate of drug-likeness (QED) is 0.393. The smallest absolute Gasteiger partial charge is 0.0723 e. The van der Waals surface area contributed by atoms with Gasteiger partial charge in [0, 0.05) is 0 Å². The Morgan fingerprint density at radius 2 is 2.17 bits per heavy atom. The molecule has 0 unspecified atom stereocenters. The molecule has 1 nitrogen and oxygen atoms in total. The number of thiocarbonyl (C=S) groups is 1. The molecule has 2 heteroatoms. The standard InChI is InChI=1S/C16H25NS/c1-11(2)13-6-5-12(3)14-7-8-16(4,17-10-18)9-15(13)14/h7,11-13,15H,5-6,8-9H2,1-4H3/t12-,13-,15-,16+/m1/s1. The van der Waals surface area contributed by atoms with Crippen molar-refractivity contribution < 1.29 is 0 Å². The zero-order valence-electron chi connectivity index (χ0n) is 12.1. The first-order chi connectivity index (χ1) is 8.47. The van der Waals surface area contributed by atoms with Crippen LogP contribution in [0.3, 0.4) is 0 Å². The molecule has 0 radical (unpaired) electrons. The van der Waals surface area contributed by atoms with Crippen LogP contribution < -0.4 is 0 Å². The van der Waals surface area contributed by atoms with E-state index in [2.05, 4.69) is 43.9 Å². The Morgan fingerprint density at radius 1 is 1.44 bits per heavy atom. The molecule has 0 N–H and O–H groups in total. The Hall–Kier alpha value is -0.460. The van der Waals surface area contributed by atoms with Gasteiger partial charge in [0.25, 0.3) is 0 Å². The van der Waals surface area contributed by atoms with Crippen LogP contribution in [-0.2, 0) is 0 Å². The van der Waals surface area contributed by atoms with E-state index in [1.54, 1.807) is 5.57 Å². The number of allylic oxidation sites excluding steroid dienone is 1. The van der Waals surface area contributed by atoms with Gasteiger partial charge in [-0.15, -0.1) is 0 Å². The lowest BCUT2D eigenvalue weighted by molar-refractivity contribution is 0.160. The summed E-state index contributed by atoms with van der Waals surface area (Å²) in [7, 11) is 0. The van der Waals surface area contributed by atoms with Crippen LogP contribution in [0.2, 0.25) is 0 Å². The molecule has 0 spiro atoms. The van der Waals surface area contributed by atoms with Crippen LogP contribution in [0.25, 0.3) is 0 Å². The van der Waals surface area contributed by atoms with Gasteiger partial charge in [0.1, 0.15) is 0 Å². The van der Waals surface area contributed by atoms with Crippen LogP contribution in [0.5, 0.6) is 0 Å². The van der Waals surface area contributed by atoms with E-state index in [1.807, 2.05) is 0 Å². The zero-order chi connectivity index (χ0) is 13.3. The molecule has 1 fully saturated rings. The van der Waals surface area contributed by atoms with Crippen molar-refractivity contribution in [2.24, 2.45) is 28.7 Å². The highest BCUT2D eigenvalue weighted by molar-refractivity contribution is 7.78. The number of nitrogens with zero attached hydrogens (tertiary/aromatic N) is 1. The first-order valence-electron chi connectivity index (χ1n) is 7.26. The van der Waals surface area contributed by atoms with E-state index in [0.29, 0.717) is 0 Å². The van der Waals surface area contributed by atoms with Gasteiger partial charge in [-0.25, -0.2) is 4.99 Å². The summed E-state index contributed by atoms with van der Waals surface area (Å²) in [5, 5.41) is 2.61. The third-order valence-corrected chi connectivity index (χ3v) is 5.15. The molecule has 0 aliphatic heterocycles. The van der Waals surface area contributed by atoms with Gasteiger partial charge in [-0.3, -0.25) is 0 Å². The van der Waals surface area contributed by atoms with Crippen molar-refractivity contribution in [3.63, 3.8) is 0 Å². The Morgan fingerprint density at radius 3 is 2.78 bits per heavy atom. The highest BCUT2D eigenvalue weighted by Crippen LogP contribution is 2.49. The number of aliphatic imine (C=N–C) groups is 1. The highest BCUT2D eigenvalue weighted by Gasteiger charge is 2.41. The van der Waals surface area contributed by atoms with Crippen LogP contribution >= 0.6 is 12.2 Å². The van der Waals surface area contributed by atoms with Crippen molar-refractivity contribution in [3.8, 4) is 0 Å². The first-order valence-corrected chi connectivity index (χ1v) is 7.66. The van der Waals surface area contributed by atoms with E-state index in [4.69, 9.17) is 12.2 Å². The fourth-order valence-corrected chi connectivity index (χ4v) is 4.16. The molecular weight excluding hydrogens is 238 g/mol. The van der Waals surface area contributed by atoms with Gasteiger partial charge >= 0.3 is 0 Å². The van der Waals surface area contributed by atoms with Crippen LogP contribution in [0.1, 0.15) is 53.4 Å². The molecule has 0 amide bonds. The normalized spacial score (nSPS) is 39.8. The Kier molecular flexibility index (Phi) is 4.08. The molecular formula is C16H25NS. The predicted octanol–water partition coefficient (Wildman–Crippen LogP) is 4.89. The van der Waals surface area contributed by atoms with E-state index < -0.39 is 0 Å². The van der Waals surface area contributed by atoms with E-state index in [0.717, 1.165) is 36.5 Å². The summed E-state index contributed by atoms with van der Waals surface area (Å²) >= 11 is 4.82. The van der Waals surface area contributed by atoms with Gasteiger partial charge in [0.2, 0.25) is 0 Å². The molecule has 100 valence electrons. The number of hydrogen-bond donors (Lipinski definition) is 0. The lowest BCUT2D eigenvalue weighted by Gasteiger charge is -2.45. The fraction of sp³-hybridized carbons (Fsp3) is 0.812. The van der Waals surface area contributed by atoms with Gasteiger partial charge in [-0.2, -0.15) is 0 Å². The van der Waals surface area contributed by atoms with E-state index in [9.17, 15) is 0 Å². The maximum absolute atomic E-state index is 4.82. The SMILES string of the molecule is CC(C)[C@H]1CC[C@@H](C)C2=CC[C@](C)(N=C=S)C[C@@H]21. The minimum atomic E-state index is 0.000116. The molecule has 0 aromatic carbocycles. The minimum absolute atomic E-state index is 0.000116. The summed E-state index contributed by atoms with van der Waals surface area (Å²) < 4.78 is 0. The average Bonchev–Trinajstić information content (AvgIpc) is 2.28. The minimum Gasteiger partial charge on any atom is -0.226 e. The molecule has 0 saturated heterocycles. The molecule has 4 atom stereocenters. The highest BCUT2D eigenvalue weighted by atomic mass is 32.1. The Balaban J connectivity index is 2.30. The second kappa shape index (κ2) is 5.27. The second-order valence-corrected chi connectivity index (χ2v) is 6.99. The molecule has 2 rings (SSSR count). The number of isothiocyanates is 1. The molecule has 0 aromatic rings. The van der Waals surface area contributed by atoms with Gasteiger partial charge < -0.3 is 0 Å². The van der Waals surface area contributed by atoms with Crippen molar-refractivity contribution in [1.29, 1.82) is 0 Å². The lowest BCUT2D eigenvalue weighted by atomic mass is 9.61. The van der Waals surface area contributed by atoms with Crippen molar-refractivity contribution in [2.45, 2.75) is 58.9 Å². The summed E-state index contributed by atoms with van der Waals surface area (Å²) in [6.07, 6.45) is 7.40. The summed E-state index contributed by atoms with van der Waals surface area (Å²) in [6.45, 7) is 9.36. The zero-order valence-corrected chi connectivity index (χ0v) is 12.9. The van der Waals surface area contributed by atoms with Crippen molar-refractivity contribution in [2.75, 3.05) is 0 Å². The average molecular weight is 263 g/mol. The van der Waals surface area contributed by atoms with Gasteiger partial charge in [-0.1, -0.05) is 32.4 Å². The first kappa shape index (κ1) is 14.0. The van der Waals surface area contributed by atoms with Gasteiger partial charge in [0.05, 0.1) is 10.7 Å². The van der Waals surface area contributed by atoms with Crippen LogP contribution in [0.4, 0.5) is 0 Å². The van der Waals surface area contributed by atoms with Crippen molar-refractivity contribution >= 4 is 17.4 Å². The maximum atomic E-state index is 4.82. The van der Waals surface area contributed by atoms with Crippen LogP contribution in [-0.4, -0.2) is 10.7 Å². The van der Waals surface area contributed by atoms with Crippen molar-refractivity contribution in [3.05, 3.63) is 11.6 Å². The number of hydrogen-bond acceptors (Lipinski definition) is 2. The van der Waals surface area contributed by atoms with E-state index >= 15 is 0 Å². The summed E-state index contributed by atoms with van der Waals surface area (Å²) in [6, 6.07) is 0. The van der Waals surface area contributed by atoms with Gasteiger partial charge in [-0.05, 0) is 68.5 Å². The summed E-state index contributed by atoms with van der Waals surface area (Å²) in [5.74, 6) is 3.09. The van der Waals surface area contributed by atoms with E-state index in [-0.39, 0.29) is 5.54 Å². The third kappa shape index (κ3) is 2.60. The molecule has 0 bridgehead atoms. The van der Waals surface area contributed by atoms with Crippen LogP contribution in [0.15, 0.2) is 16.6 Å². The predicted molar refractivity (Wildman–Crippen MR) is 81.0 cm³/mol. The molecule has 0 heterocycles. The molecule has 18 heavy (non-hydrogen) atoms. The van der Waals surface area contributed by atoms with Gasteiger partial charge in [0.15, 0.2) is 0 Å². The Bertz CT molecular complexity index is 392. The second-order valence-electron chi connectivity index (χ2n) is 6.81. The van der Waals surface area contributed by atoms with Crippen LogP contribution in [0, 0.1) is 23.7 Å².